The molecule has 0 bridgehead atoms. The summed E-state index contributed by atoms with van der Waals surface area (Å²) in [6, 6.07) is 27.1. The molecule has 3 aromatic rings. The number of hydrogen-bond donors (Lipinski definition) is 0. The third-order valence-electron chi connectivity index (χ3n) is 4.76. The molecule has 0 aromatic heterocycles. The maximum atomic E-state index is 5.90. The van der Waals surface area contributed by atoms with Crippen LogP contribution in [0.1, 0.15) is 31.9 Å². The van der Waals surface area contributed by atoms with Crippen molar-refractivity contribution >= 4 is 11.6 Å². The van der Waals surface area contributed by atoms with Crippen molar-refractivity contribution in [3.63, 3.8) is 0 Å². The summed E-state index contributed by atoms with van der Waals surface area (Å²) in [6.45, 7) is 7.09. The molecule has 3 heteroatoms. The molecule has 1 aliphatic heterocycles. The first-order chi connectivity index (χ1) is 13.0. The Morgan fingerprint density at radius 3 is 2.04 bits per heavy atom. The van der Waals surface area contributed by atoms with Crippen molar-refractivity contribution in [1.82, 2.24) is 0 Å². The Morgan fingerprint density at radius 2 is 1.33 bits per heavy atom. The molecule has 27 heavy (non-hydrogen) atoms. The second kappa shape index (κ2) is 6.92. The van der Waals surface area contributed by atoms with E-state index < -0.39 is 0 Å². The normalized spacial score (nSPS) is 14.0. The van der Waals surface area contributed by atoms with Gasteiger partial charge in [0.15, 0.2) is 6.73 Å². The molecule has 0 aliphatic carbocycles. The molecule has 3 aromatic carbocycles. The van der Waals surface area contributed by atoms with Crippen LogP contribution in [0.15, 0.2) is 84.0 Å². The molecule has 3 nitrogen and oxygen atoms in total. The highest BCUT2D eigenvalue weighted by molar-refractivity contribution is 5.96. The Bertz CT molecular complexity index is 954. The summed E-state index contributed by atoms with van der Waals surface area (Å²) in [6.07, 6.45) is 0. The summed E-state index contributed by atoms with van der Waals surface area (Å²) in [5.74, 6) is 0.665. The van der Waals surface area contributed by atoms with Crippen molar-refractivity contribution in [2.75, 3.05) is 11.7 Å². The Morgan fingerprint density at radius 1 is 0.741 bits per heavy atom. The number of hydrogen-bond acceptors (Lipinski definition) is 3. The summed E-state index contributed by atoms with van der Waals surface area (Å²) in [7, 11) is 0. The van der Waals surface area contributed by atoms with Crippen molar-refractivity contribution < 1.29 is 4.74 Å². The lowest BCUT2D eigenvalue weighted by Gasteiger charge is -2.25. The van der Waals surface area contributed by atoms with Gasteiger partial charge in [0.1, 0.15) is 0 Å². The van der Waals surface area contributed by atoms with Crippen molar-refractivity contribution in [2.24, 2.45) is 5.10 Å². The highest BCUT2D eigenvalue weighted by atomic mass is 16.5. The monoisotopic (exact) mass is 356 g/mol. The van der Waals surface area contributed by atoms with E-state index in [1.165, 1.54) is 16.7 Å². The average molecular weight is 356 g/mol. The van der Waals surface area contributed by atoms with Crippen LogP contribution in [-0.4, -0.2) is 12.6 Å². The molecule has 0 saturated carbocycles. The summed E-state index contributed by atoms with van der Waals surface area (Å²) in [5, 5.41) is 6.68. The zero-order valence-corrected chi connectivity index (χ0v) is 16.0. The van der Waals surface area contributed by atoms with E-state index in [-0.39, 0.29) is 5.41 Å². The lowest BCUT2D eigenvalue weighted by Crippen LogP contribution is -2.20. The van der Waals surface area contributed by atoms with Gasteiger partial charge < -0.3 is 4.74 Å². The van der Waals surface area contributed by atoms with Gasteiger partial charge >= 0.3 is 0 Å². The van der Waals surface area contributed by atoms with Crippen LogP contribution >= 0.6 is 0 Å². The van der Waals surface area contributed by atoms with Gasteiger partial charge in [0, 0.05) is 5.56 Å². The van der Waals surface area contributed by atoms with E-state index in [2.05, 4.69) is 87.5 Å². The van der Waals surface area contributed by atoms with E-state index in [1.807, 2.05) is 17.1 Å². The zero-order valence-electron chi connectivity index (χ0n) is 16.0. The van der Waals surface area contributed by atoms with E-state index in [4.69, 9.17) is 9.84 Å². The number of nitrogens with zero attached hydrogens (tertiary/aromatic N) is 2. The van der Waals surface area contributed by atoms with Gasteiger partial charge in [-0.25, -0.2) is 5.01 Å². The van der Waals surface area contributed by atoms with Gasteiger partial charge in [-0.2, -0.15) is 0 Å². The summed E-state index contributed by atoms with van der Waals surface area (Å²) in [5.41, 5.74) is 5.79. The van der Waals surface area contributed by atoms with E-state index in [0.717, 1.165) is 11.3 Å². The third kappa shape index (κ3) is 3.59. The van der Waals surface area contributed by atoms with Gasteiger partial charge in [0.05, 0.1) is 5.69 Å². The first-order valence-electron chi connectivity index (χ1n) is 9.27. The number of rotatable bonds is 3. The Kier molecular flexibility index (Phi) is 4.44. The molecule has 1 heterocycles. The van der Waals surface area contributed by atoms with Crippen LogP contribution in [-0.2, 0) is 10.2 Å². The molecule has 4 rings (SSSR count). The second-order valence-electron chi connectivity index (χ2n) is 7.79. The lowest BCUT2D eigenvalue weighted by molar-refractivity contribution is 0.337. The van der Waals surface area contributed by atoms with E-state index in [1.54, 1.807) is 0 Å². The Hall–Kier alpha value is -3.07. The molecule has 0 radical (unpaired) electrons. The van der Waals surface area contributed by atoms with Crippen LogP contribution in [0.3, 0.4) is 0 Å². The summed E-state index contributed by atoms with van der Waals surface area (Å²) in [4.78, 5) is 0. The molecule has 0 amide bonds. The number of para-hydroxylation sites is 1. The number of anilines is 1. The molecule has 0 saturated heterocycles. The van der Waals surface area contributed by atoms with Crippen molar-refractivity contribution in [3.05, 3.63) is 90.0 Å². The van der Waals surface area contributed by atoms with Crippen LogP contribution in [0, 0.1) is 0 Å². The van der Waals surface area contributed by atoms with E-state index in [9.17, 15) is 0 Å². The molecule has 0 unspecified atom stereocenters. The van der Waals surface area contributed by atoms with Crippen molar-refractivity contribution in [1.29, 1.82) is 0 Å². The minimum Gasteiger partial charge on any atom is -0.453 e. The van der Waals surface area contributed by atoms with Gasteiger partial charge in [0.2, 0.25) is 5.90 Å². The standard InChI is InChI=1S/C24H24N2O/c1-24(2,3)21-11-7-8-12-22(21)26-17-27-23(25-26)20-15-13-19(14-16-20)18-9-5-4-6-10-18/h4-16H,17H2,1-3H3. The van der Waals surface area contributed by atoms with Crippen LogP contribution in [0.2, 0.25) is 0 Å². The quantitative estimate of drug-likeness (QED) is 0.592. The third-order valence-corrected chi connectivity index (χ3v) is 4.76. The molecular weight excluding hydrogens is 332 g/mol. The smallest absolute Gasteiger partial charge is 0.240 e. The van der Waals surface area contributed by atoms with E-state index >= 15 is 0 Å². The minimum absolute atomic E-state index is 0.0478. The summed E-state index contributed by atoms with van der Waals surface area (Å²) < 4.78 is 5.90. The SMILES string of the molecule is CC(C)(C)c1ccccc1N1COC(c2ccc(-c3ccccc3)cc2)=N1. The molecular formula is C24H24N2O. The van der Waals surface area contributed by atoms with Gasteiger partial charge in [-0.05, 0) is 40.3 Å². The van der Waals surface area contributed by atoms with Crippen LogP contribution in [0.5, 0.6) is 0 Å². The maximum Gasteiger partial charge on any atom is 0.240 e. The number of benzene rings is 3. The fraction of sp³-hybridized carbons (Fsp3) is 0.208. The highest BCUT2D eigenvalue weighted by Crippen LogP contribution is 2.33. The lowest BCUT2D eigenvalue weighted by atomic mass is 9.86. The average Bonchev–Trinajstić information content (AvgIpc) is 3.18. The maximum absolute atomic E-state index is 5.90. The first kappa shape index (κ1) is 17.3. The first-order valence-corrected chi connectivity index (χ1v) is 9.27. The summed E-state index contributed by atoms with van der Waals surface area (Å²) >= 11 is 0. The largest absolute Gasteiger partial charge is 0.453 e. The number of ether oxygens (including phenoxy) is 1. The van der Waals surface area contributed by atoms with Crippen molar-refractivity contribution in [3.8, 4) is 11.1 Å². The topological polar surface area (TPSA) is 24.8 Å². The fourth-order valence-electron chi connectivity index (χ4n) is 3.32. The van der Waals surface area contributed by atoms with Gasteiger partial charge in [-0.3, -0.25) is 0 Å². The second-order valence-corrected chi connectivity index (χ2v) is 7.79. The molecule has 0 N–H and O–H groups in total. The Labute approximate surface area is 160 Å². The zero-order chi connectivity index (χ0) is 18.9. The molecule has 0 atom stereocenters. The number of hydrazone groups is 1. The van der Waals surface area contributed by atoms with Crippen LogP contribution in [0.25, 0.3) is 11.1 Å². The van der Waals surface area contributed by atoms with Crippen LogP contribution < -0.4 is 5.01 Å². The predicted molar refractivity (Wildman–Crippen MR) is 112 cm³/mol. The molecule has 0 spiro atoms. The highest BCUT2D eigenvalue weighted by Gasteiger charge is 2.25. The minimum atomic E-state index is 0.0478. The molecule has 1 aliphatic rings. The predicted octanol–water partition coefficient (Wildman–Crippen LogP) is 5.81. The van der Waals surface area contributed by atoms with Gasteiger partial charge in [0.25, 0.3) is 0 Å². The van der Waals surface area contributed by atoms with Crippen LogP contribution in [0.4, 0.5) is 5.69 Å². The van der Waals surface area contributed by atoms with E-state index in [0.29, 0.717) is 12.6 Å². The molecule has 0 fully saturated rings. The Balaban J connectivity index is 1.60. The fourth-order valence-corrected chi connectivity index (χ4v) is 3.32. The van der Waals surface area contributed by atoms with Crippen molar-refractivity contribution in [2.45, 2.75) is 26.2 Å². The molecule has 136 valence electrons. The van der Waals surface area contributed by atoms with Gasteiger partial charge in [-0.15, -0.1) is 5.10 Å². The van der Waals surface area contributed by atoms with Gasteiger partial charge in [-0.1, -0.05) is 81.4 Å².